The molecule has 0 aliphatic rings. The molecule has 2 aromatic heterocycles. The SMILES string of the molecule is c1ccc(C(CCn2ccnc2)c2ccc3sc4ccccc4c3c2)cc1. The van der Waals surface area contributed by atoms with Gasteiger partial charge >= 0.3 is 0 Å². The third-order valence-electron chi connectivity index (χ3n) is 5.24. The zero-order chi connectivity index (χ0) is 18.1. The highest BCUT2D eigenvalue weighted by molar-refractivity contribution is 7.25. The molecule has 0 saturated carbocycles. The Labute approximate surface area is 162 Å². The number of nitrogens with zero attached hydrogens (tertiary/aromatic N) is 2. The molecule has 1 atom stereocenters. The molecule has 1 unspecified atom stereocenters. The van der Waals surface area contributed by atoms with Gasteiger partial charge in [-0.3, -0.25) is 0 Å². The molecule has 0 N–H and O–H groups in total. The second-order valence-electron chi connectivity index (χ2n) is 6.91. The summed E-state index contributed by atoms with van der Waals surface area (Å²) in [5.41, 5.74) is 2.76. The highest BCUT2D eigenvalue weighted by Gasteiger charge is 2.16. The first-order valence-electron chi connectivity index (χ1n) is 9.30. The van der Waals surface area contributed by atoms with Gasteiger partial charge in [0.1, 0.15) is 0 Å². The molecule has 2 heterocycles. The minimum atomic E-state index is 0.372. The zero-order valence-electron chi connectivity index (χ0n) is 15.0. The van der Waals surface area contributed by atoms with E-state index in [2.05, 4.69) is 82.3 Å². The summed E-state index contributed by atoms with van der Waals surface area (Å²) < 4.78 is 4.88. The van der Waals surface area contributed by atoms with Crippen LogP contribution in [0.2, 0.25) is 0 Å². The minimum absolute atomic E-state index is 0.372. The number of imidazole rings is 1. The lowest BCUT2D eigenvalue weighted by Gasteiger charge is -2.19. The summed E-state index contributed by atoms with van der Waals surface area (Å²) in [7, 11) is 0. The van der Waals surface area contributed by atoms with Gasteiger partial charge in [-0.05, 0) is 35.7 Å². The number of aryl methyl sites for hydroxylation is 1. The van der Waals surface area contributed by atoms with Crippen LogP contribution in [-0.2, 0) is 6.54 Å². The molecule has 5 rings (SSSR count). The quantitative estimate of drug-likeness (QED) is 0.347. The first-order chi connectivity index (χ1) is 13.4. The van der Waals surface area contributed by atoms with Crippen LogP contribution in [0.5, 0.6) is 0 Å². The van der Waals surface area contributed by atoms with E-state index < -0.39 is 0 Å². The van der Waals surface area contributed by atoms with Crippen LogP contribution < -0.4 is 0 Å². The predicted molar refractivity (Wildman–Crippen MR) is 114 cm³/mol. The van der Waals surface area contributed by atoms with Crippen LogP contribution >= 0.6 is 11.3 Å². The van der Waals surface area contributed by atoms with Crippen LogP contribution in [0.1, 0.15) is 23.5 Å². The summed E-state index contributed by atoms with van der Waals surface area (Å²) in [5, 5.41) is 2.73. The number of hydrogen-bond acceptors (Lipinski definition) is 2. The fraction of sp³-hybridized carbons (Fsp3) is 0.125. The monoisotopic (exact) mass is 368 g/mol. The molecule has 0 saturated heterocycles. The molecule has 3 heteroatoms. The third kappa shape index (κ3) is 3.15. The van der Waals surface area contributed by atoms with Crippen molar-refractivity contribution in [3.05, 3.63) is 103 Å². The van der Waals surface area contributed by atoms with Crippen molar-refractivity contribution in [1.82, 2.24) is 9.55 Å². The van der Waals surface area contributed by atoms with Crippen molar-refractivity contribution in [3.63, 3.8) is 0 Å². The van der Waals surface area contributed by atoms with Crippen LogP contribution in [-0.4, -0.2) is 9.55 Å². The van der Waals surface area contributed by atoms with Crippen molar-refractivity contribution in [2.75, 3.05) is 0 Å². The van der Waals surface area contributed by atoms with Crippen LogP contribution in [0.3, 0.4) is 0 Å². The number of aromatic nitrogens is 2. The lowest BCUT2D eigenvalue weighted by atomic mass is 9.88. The van der Waals surface area contributed by atoms with Gasteiger partial charge in [0.15, 0.2) is 0 Å². The van der Waals surface area contributed by atoms with Gasteiger partial charge in [-0.2, -0.15) is 0 Å². The molecular weight excluding hydrogens is 348 g/mol. The lowest BCUT2D eigenvalue weighted by Crippen LogP contribution is -2.06. The maximum Gasteiger partial charge on any atom is 0.0945 e. The summed E-state index contributed by atoms with van der Waals surface area (Å²) in [6, 6.07) is 26.6. The number of hydrogen-bond donors (Lipinski definition) is 0. The molecule has 0 amide bonds. The predicted octanol–water partition coefficient (Wildman–Crippen LogP) is 6.47. The smallest absolute Gasteiger partial charge is 0.0945 e. The van der Waals surface area contributed by atoms with E-state index in [9.17, 15) is 0 Å². The zero-order valence-corrected chi connectivity index (χ0v) is 15.8. The normalized spacial score (nSPS) is 12.6. The Morgan fingerprint density at radius 2 is 1.63 bits per heavy atom. The topological polar surface area (TPSA) is 17.8 Å². The van der Waals surface area contributed by atoms with Gasteiger partial charge in [0.05, 0.1) is 6.33 Å². The lowest BCUT2D eigenvalue weighted by molar-refractivity contribution is 0.595. The van der Waals surface area contributed by atoms with E-state index in [1.54, 1.807) is 0 Å². The number of thiophene rings is 1. The molecule has 5 aromatic rings. The van der Waals surface area contributed by atoms with E-state index in [1.807, 2.05) is 30.1 Å². The van der Waals surface area contributed by atoms with E-state index in [1.165, 1.54) is 31.3 Å². The molecule has 0 aliphatic carbocycles. The maximum absolute atomic E-state index is 4.18. The number of fused-ring (bicyclic) bond motifs is 3. The van der Waals surface area contributed by atoms with Gasteiger partial charge < -0.3 is 4.57 Å². The Balaban J connectivity index is 1.58. The van der Waals surface area contributed by atoms with Crippen molar-refractivity contribution >= 4 is 31.5 Å². The maximum atomic E-state index is 4.18. The number of benzene rings is 3. The van der Waals surface area contributed by atoms with Crippen LogP contribution in [0.15, 0.2) is 91.5 Å². The summed E-state index contributed by atoms with van der Waals surface area (Å²) in [6.07, 6.45) is 6.84. The summed E-state index contributed by atoms with van der Waals surface area (Å²) in [6.45, 7) is 0.960. The minimum Gasteiger partial charge on any atom is -0.337 e. The van der Waals surface area contributed by atoms with E-state index in [0.717, 1.165) is 13.0 Å². The standard InChI is InChI=1S/C24H20N2S/c1-2-6-18(7-3-1)20(12-14-26-15-13-25-17-26)19-10-11-24-22(16-19)21-8-4-5-9-23(21)27-24/h1-11,13,15-17,20H,12,14H2. The van der Waals surface area contributed by atoms with E-state index in [-0.39, 0.29) is 0 Å². The Morgan fingerprint density at radius 3 is 2.48 bits per heavy atom. The van der Waals surface area contributed by atoms with Gasteiger partial charge in [0, 0.05) is 45.0 Å². The fourth-order valence-corrected chi connectivity index (χ4v) is 4.96. The highest BCUT2D eigenvalue weighted by Crippen LogP contribution is 2.37. The Kier molecular flexibility index (Phi) is 4.23. The molecule has 0 radical (unpaired) electrons. The second kappa shape index (κ2) is 7.01. The molecule has 3 aromatic carbocycles. The van der Waals surface area contributed by atoms with E-state index >= 15 is 0 Å². The van der Waals surface area contributed by atoms with Crippen molar-refractivity contribution < 1.29 is 0 Å². The second-order valence-corrected chi connectivity index (χ2v) is 7.99. The Bertz CT molecular complexity index is 1170. The van der Waals surface area contributed by atoms with Crippen molar-refractivity contribution in [3.8, 4) is 0 Å². The molecule has 0 bridgehead atoms. The van der Waals surface area contributed by atoms with Gasteiger partial charge in [-0.15, -0.1) is 11.3 Å². The largest absolute Gasteiger partial charge is 0.337 e. The Hall–Kier alpha value is -2.91. The van der Waals surface area contributed by atoms with Crippen LogP contribution in [0.4, 0.5) is 0 Å². The molecule has 2 nitrogen and oxygen atoms in total. The molecular formula is C24H20N2S. The molecule has 27 heavy (non-hydrogen) atoms. The van der Waals surface area contributed by atoms with E-state index in [0.29, 0.717) is 5.92 Å². The van der Waals surface area contributed by atoms with Gasteiger partial charge in [-0.1, -0.05) is 54.6 Å². The summed E-state index contributed by atoms with van der Waals surface area (Å²) in [4.78, 5) is 4.18. The molecule has 0 fully saturated rings. The van der Waals surface area contributed by atoms with Crippen molar-refractivity contribution in [2.24, 2.45) is 0 Å². The first kappa shape index (κ1) is 16.3. The fourth-order valence-electron chi connectivity index (χ4n) is 3.87. The van der Waals surface area contributed by atoms with E-state index in [4.69, 9.17) is 0 Å². The van der Waals surface area contributed by atoms with Crippen molar-refractivity contribution in [1.29, 1.82) is 0 Å². The third-order valence-corrected chi connectivity index (χ3v) is 6.39. The Morgan fingerprint density at radius 1 is 0.815 bits per heavy atom. The molecule has 0 spiro atoms. The molecule has 132 valence electrons. The van der Waals surface area contributed by atoms with Gasteiger partial charge in [-0.25, -0.2) is 4.98 Å². The first-order valence-corrected chi connectivity index (χ1v) is 10.1. The van der Waals surface area contributed by atoms with Crippen LogP contribution in [0.25, 0.3) is 20.2 Å². The summed E-state index contributed by atoms with van der Waals surface area (Å²) >= 11 is 1.88. The highest BCUT2D eigenvalue weighted by atomic mass is 32.1. The average Bonchev–Trinajstić information content (AvgIpc) is 3.36. The number of rotatable bonds is 5. The van der Waals surface area contributed by atoms with Gasteiger partial charge in [0.25, 0.3) is 0 Å². The molecule has 0 aliphatic heterocycles. The van der Waals surface area contributed by atoms with Crippen LogP contribution in [0, 0.1) is 0 Å². The average molecular weight is 369 g/mol. The van der Waals surface area contributed by atoms with Crippen molar-refractivity contribution in [2.45, 2.75) is 18.9 Å². The van der Waals surface area contributed by atoms with Gasteiger partial charge in [0.2, 0.25) is 0 Å². The summed E-state index contributed by atoms with van der Waals surface area (Å²) in [5.74, 6) is 0.372.